The van der Waals surface area contributed by atoms with E-state index in [-0.39, 0.29) is 41.2 Å². The molecule has 0 saturated carbocycles. The number of sulfonamides is 1. The van der Waals surface area contributed by atoms with Gasteiger partial charge in [0.25, 0.3) is 5.91 Å². The van der Waals surface area contributed by atoms with Crippen molar-refractivity contribution in [1.82, 2.24) is 25.1 Å². The summed E-state index contributed by atoms with van der Waals surface area (Å²) in [5, 5.41) is 20.6. The van der Waals surface area contributed by atoms with Crippen LogP contribution >= 0.6 is 0 Å². The van der Waals surface area contributed by atoms with Crippen molar-refractivity contribution in [2.24, 2.45) is 0 Å². The molecular formula is C87H96N14O12S. The van der Waals surface area contributed by atoms with Crippen molar-refractivity contribution in [3.63, 3.8) is 0 Å². The number of ether oxygens (including phenoxy) is 2. The molecule has 6 amide bonds. The van der Waals surface area contributed by atoms with E-state index in [0.717, 1.165) is 155 Å². The molecule has 114 heavy (non-hydrogen) atoms. The number of Topliss-reactive ketones (excluding diaryl/α,β-unsaturated/α-hetero) is 1. The van der Waals surface area contributed by atoms with E-state index in [0.29, 0.717) is 80.6 Å². The molecule has 1 aromatic heterocycles. The number of amides is 6. The van der Waals surface area contributed by atoms with Crippen LogP contribution in [-0.2, 0) is 79.0 Å². The van der Waals surface area contributed by atoms with Crippen LogP contribution in [0.4, 0.5) is 60.8 Å². The second-order valence-electron chi connectivity index (χ2n) is 29.7. The average molecular weight is 1560 g/mol. The van der Waals surface area contributed by atoms with Gasteiger partial charge in [-0.1, -0.05) is 92.5 Å². The highest BCUT2D eigenvalue weighted by molar-refractivity contribution is 7.93. The van der Waals surface area contributed by atoms with Crippen LogP contribution in [-0.4, -0.2) is 133 Å². The van der Waals surface area contributed by atoms with Gasteiger partial charge < -0.3 is 76.3 Å². The highest BCUT2D eigenvalue weighted by Gasteiger charge is 2.34. The van der Waals surface area contributed by atoms with Gasteiger partial charge in [-0.2, -0.15) is 0 Å². The second kappa shape index (κ2) is 36.1. The molecule has 10 N–H and O–H groups in total. The second-order valence-corrected chi connectivity index (χ2v) is 31.6. The molecule has 0 radical (unpaired) electrons. The summed E-state index contributed by atoms with van der Waals surface area (Å²) in [5.74, 6) is 0.805. The molecule has 16 rings (SSSR count). The van der Waals surface area contributed by atoms with Crippen molar-refractivity contribution in [1.29, 1.82) is 0 Å². The van der Waals surface area contributed by atoms with Crippen LogP contribution < -0.4 is 57.4 Å². The molecule has 7 aliphatic rings. The number of H-pyrrole nitrogens is 2. The van der Waals surface area contributed by atoms with E-state index < -0.39 is 27.0 Å². The number of para-hydroxylation sites is 1. The number of urea groups is 1. The van der Waals surface area contributed by atoms with Gasteiger partial charge in [-0.05, 0) is 189 Å². The number of hydrogen-bond donors (Lipinski definition) is 10. The Kier molecular flexibility index (Phi) is 25.5. The van der Waals surface area contributed by atoms with Crippen molar-refractivity contribution < 1.29 is 51.5 Å². The number of nitrogens with one attached hydrogen (secondary N) is 10. The molecule has 27 heteroatoms. The van der Waals surface area contributed by atoms with E-state index in [4.69, 9.17) is 9.47 Å². The Balaban J connectivity index is 0.000000132. The summed E-state index contributed by atoms with van der Waals surface area (Å²) in [7, 11) is -3.61. The van der Waals surface area contributed by atoms with Crippen molar-refractivity contribution in [2.75, 3.05) is 98.8 Å². The summed E-state index contributed by atoms with van der Waals surface area (Å²) in [6.45, 7) is 26.0. The van der Waals surface area contributed by atoms with Crippen LogP contribution in [0.5, 0.6) is 0 Å². The fourth-order valence-corrected chi connectivity index (χ4v) is 15.6. The summed E-state index contributed by atoms with van der Waals surface area (Å²) >= 11 is 0. The predicted octanol–water partition coefficient (Wildman–Crippen LogP) is 13.6. The highest BCUT2D eigenvalue weighted by Crippen LogP contribution is 2.35. The summed E-state index contributed by atoms with van der Waals surface area (Å²) in [6, 6.07) is 53.2. The van der Waals surface area contributed by atoms with Crippen LogP contribution in [0.2, 0.25) is 0 Å². The lowest BCUT2D eigenvalue weighted by atomic mass is 10.00. The number of hydrogen-bond acceptors (Lipinski definition) is 17. The van der Waals surface area contributed by atoms with E-state index >= 15 is 0 Å². The molecule has 2 fully saturated rings. The zero-order valence-electron chi connectivity index (χ0n) is 64.7. The van der Waals surface area contributed by atoms with Gasteiger partial charge >= 0.3 is 23.8 Å². The molecule has 9 aromatic rings. The Morgan fingerprint density at radius 2 is 1.20 bits per heavy atom. The van der Waals surface area contributed by atoms with Crippen molar-refractivity contribution in [3.8, 4) is 0 Å². The fourth-order valence-electron chi connectivity index (χ4n) is 14.2. The number of anilines is 9. The van der Waals surface area contributed by atoms with Gasteiger partial charge in [-0.15, -0.1) is 0 Å². The summed E-state index contributed by atoms with van der Waals surface area (Å²) in [5.41, 5.74) is 19.3. The number of benzene rings is 8. The smallest absolute Gasteiger partial charge is 0.410 e. The van der Waals surface area contributed by atoms with Gasteiger partial charge in [0.2, 0.25) is 21.8 Å². The topological polar surface area (TPSA) is 330 Å². The molecule has 8 aromatic carbocycles. The number of piperidine rings is 1. The van der Waals surface area contributed by atoms with Crippen LogP contribution in [0.25, 0.3) is 11.0 Å². The fraction of sp³-hybridized carbons (Fsp3) is 0.287. The number of likely N-dealkylation sites (tertiary alicyclic amines) is 1. The monoisotopic (exact) mass is 1560 g/mol. The standard InChI is InChI=1S/C20H20N2O3.C19H18N2O.C17H24N4O5S.C17H17N3O.C14H17N3O2/c1-3-25-20(24)16-7-4-14(5-8-16)10-17(23)11-15-6-9-18-19(12-15)22-13(2)21-18;1-13-11-16-12-15(8-9-17(16)20-13)19(22)21-10-4-6-14-5-2-3-7-18(14)21;1-17(2,3)26-16(23)21-8-6-12(7-9-21)27(24,25)20-11-4-5-13-14(10-11)19-15(22)18-13;1-12-9-14-7-8-15(10-16(14)19-12)20-17(21)18-11-13-5-3-2-4-6-13;1-10(18)16-4-6-17(7-5-16)12-2-3-13-11(8-12)9-14(19)15-13/h4-9,12,21-22H,2-3,10-11H2,1H3;2-3,5,7-9,12,20H,1,4,6,10-11H2;4-5,10,12,20H,6-9H2,1-3H3,(H2,18,19,22);2-8,10,19H,1,9,11H2,(H2,18,20,21);2-3,8H,4-7,9H2,1H3,(H,15,19). The molecule has 7 aliphatic heterocycles. The van der Waals surface area contributed by atoms with E-state index in [9.17, 15) is 46.8 Å². The first-order valence-corrected chi connectivity index (χ1v) is 39.6. The maximum absolute atomic E-state index is 12.9. The van der Waals surface area contributed by atoms with E-state index in [1.54, 1.807) is 77.1 Å². The molecule has 0 spiro atoms. The average Bonchev–Trinajstić information content (AvgIpc) is 1.34. The normalized spacial score (nSPS) is 15.0. The van der Waals surface area contributed by atoms with Gasteiger partial charge in [0, 0.05) is 136 Å². The van der Waals surface area contributed by atoms with Gasteiger partial charge in [-0.3, -0.25) is 23.9 Å². The zero-order valence-corrected chi connectivity index (χ0v) is 65.5. The maximum atomic E-state index is 12.9. The summed E-state index contributed by atoms with van der Waals surface area (Å²) in [6.07, 6.45) is 5.11. The van der Waals surface area contributed by atoms with E-state index in [2.05, 4.69) is 88.7 Å². The summed E-state index contributed by atoms with van der Waals surface area (Å²) in [4.78, 5) is 108. The molecule has 2 saturated heterocycles. The third-order valence-corrected chi connectivity index (χ3v) is 21.7. The van der Waals surface area contributed by atoms with Gasteiger partial charge in [0.15, 0.2) is 0 Å². The lowest BCUT2D eigenvalue weighted by Gasteiger charge is -2.35. The van der Waals surface area contributed by atoms with E-state index in [1.165, 1.54) is 16.0 Å². The number of piperazine rings is 1. The number of aromatic amines is 2. The minimum Gasteiger partial charge on any atom is -0.462 e. The number of imidazole rings is 1. The summed E-state index contributed by atoms with van der Waals surface area (Å²) < 4.78 is 38.2. The highest BCUT2D eigenvalue weighted by atomic mass is 32.2. The number of aromatic nitrogens is 2. The Morgan fingerprint density at radius 3 is 1.94 bits per heavy atom. The number of carbonyl (C=O) groups is 7. The molecule has 0 atom stereocenters. The van der Waals surface area contributed by atoms with Crippen molar-refractivity contribution in [3.05, 3.63) is 267 Å². The van der Waals surface area contributed by atoms with Crippen LogP contribution in [0.15, 0.2) is 212 Å². The minimum atomic E-state index is -3.61. The number of nitrogens with zero attached hydrogens (tertiary/aromatic N) is 4. The number of aryl methyl sites for hydroxylation is 1. The third-order valence-electron chi connectivity index (χ3n) is 19.8. The maximum Gasteiger partial charge on any atom is 0.410 e. The van der Waals surface area contributed by atoms with Crippen molar-refractivity contribution in [2.45, 2.75) is 110 Å². The van der Waals surface area contributed by atoms with Gasteiger partial charge in [-0.25, -0.2) is 27.6 Å². The SMILES string of the molecule is C=C1Cc2cc(C(=O)N3CCCc4ccccc43)ccc2N1.C=C1Cc2ccc(NC(=O)NCc3ccccc3)cc2N1.C=C1Nc2ccc(CC(=O)Cc3ccc(C(=O)OCC)cc3)cc2N1.CC(=O)N1CCN(c2ccc3c(c2)CC(=O)N3)CC1.CC(C)(C)OC(=O)N1CCC(S(=O)(=O)Nc2ccc3[nH]c(=O)[nH]c3c2)CC1. The quantitative estimate of drug-likeness (QED) is 0.0452. The molecule has 592 valence electrons. The van der Waals surface area contributed by atoms with Crippen LogP contribution in [0.1, 0.15) is 114 Å². The number of carbonyl (C=O) groups excluding carboxylic acids is 7. The van der Waals surface area contributed by atoms with Gasteiger partial charge in [0.1, 0.15) is 17.2 Å². The minimum absolute atomic E-state index is 0.0635. The number of rotatable bonds is 14. The third kappa shape index (κ3) is 21.4. The molecular weight excluding hydrogens is 1470 g/mol. The number of fused-ring (bicyclic) bond motifs is 6. The first-order valence-electron chi connectivity index (χ1n) is 38.1. The zero-order chi connectivity index (χ0) is 80.8. The Hall–Kier alpha value is -12.9. The number of ketones is 1. The van der Waals surface area contributed by atoms with Crippen LogP contribution in [0.3, 0.4) is 0 Å². The first kappa shape index (κ1) is 80.6. The first-order chi connectivity index (χ1) is 54.6. The molecule has 0 aliphatic carbocycles. The number of allylic oxidation sites excluding steroid dienone is 2. The molecule has 8 heterocycles. The van der Waals surface area contributed by atoms with Crippen molar-refractivity contribution >= 4 is 114 Å². The van der Waals surface area contributed by atoms with E-state index in [1.807, 2.05) is 125 Å². The largest absolute Gasteiger partial charge is 0.462 e. The molecule has 0 unspecified atom stereocenters. The Morgan fingerprint density at radius 1 is 0.561 bits per heavy atom. The molecule has 26 nitrogen and oxygen atoms in total. The van der Waals surface area contributed by atoms with Gasteiger partial charge in [0.05, 0.1) is 51.9 Å². The Bertz CT molecular complexity index is 5330. The molecule has 0 bridgehead atoms. The predicted molar refractivity (Wildman–Crippen MR) is 448 cm³/mol. The Labute approximate surface area is 662 Å². The lowest BCUT2D eigenvalue weighted by molar-refractivity contribution is -0.129. The number of esters is 1. The van der Waals surface area contributed by atoms with Crippen LogP contribution in [0, 0.1) is 0 Å². The lowest BCUT2D eigenvalue weighted by Crippen LogP contribution is -2.48.